The average molecular weight is 333 g/mol. The molecule has 0 unspecified atom stereocenters. The molecule has 0 aliphatic heterocycles. The molecular formula is C17H10Cl2OS. The van der Waals surface area contributed by atoms with Crippen LogP contribution in [0.3, 0.4) is 0 Å². The van der Waals surface area contributed by atoms with E-state index in [4.69, 9.17) is 39.8 Å². The summed E-state index contributed by atoms with van der Waals surface area (Å²) >= 11 is 17.5. The zero-order valence-electron chi connectivity index (χ0n) is 10.8. The predicted molar refractivity (Wildman–Crippen MR) is 90.4 cm³/mol. The van der Waals surface area contributed by atoms with Crippen molar-refractivity contribution in [2.24, 2.45) is 0 Å². The molecule has 104 valence electrons. The molecule has 0 saturated heterocycles. The average Bonchev–Trinajstić information content (AvgIpc) is 2.52. The van der Waals surface area contributed by atoms with Crippen LogP contribution < -0.4 is 0 Å². The fourth-order valence-corrected chi connectivity index (χ4v) is 2.54. The Balaban J connectivity index is 2.19. The number of hydrogen-bond donors (Lipinski definition) is 0. The Kier molecular flexibility index (Phi) is 4.11. The number of halogens is 2. The van der Waals surface area contributed by atoms with Gasteiger partial charge < -0.3 is 4.42 Å². The zero-order chi connectivity index (χ0) is 14.8. The van der Waals surface area contributed by atoms with Gasteiger partial charge in [0, 0.05) is 22.2 Å². The van der Waals surface area contributed by atoms with E-state index in [-0.39, 0.29) is 0 Å². The third kappa shape index (κ3) is 3.03. The fourth-order valence-electron chi connectivity index (χ4n) is 2.01. The van der Waals surface area contributed by atoms with Gasteiger partial charge in [0.2, 0.25) is 0 Å². The van der Waals surface area contributed by atoms with Gasteiger partial charge in [-0.15, -0.1) is 0 Å². The molecule has 0 N–H and O–H groups in total. The van der Waals surface area contributed by atoms with Crippen molar-refractivity contribution in [2.75, 3.05) is 0 Å². The molecule has 3 rings (SSSR count). The highest BCUT2D eigenvalue weighted by Gasteiger charge is 2.11. The van der Waals surface area contributed by atoms with Crippen LogP contribution in [-0.2, 0) is 0 Å². The molecular weight excluding hydrogens is 323 g/mol. The molecule has 1 aromatic heterocycles. The lowest BCUT2D eigenvalue weighted by molar-refractivity contribution is 0.581. The van der Waals surface area contributed by atoms with Crippen LogP contribution in [0, 0.1) is 4.51 Å². The summed E-state index contributed by atoms with van der Waals surface area (Å²) in [6.45, 7) is 0. The maximum absolute atomic E-state index is 6.30. The first kappa shape index (κ1) is 14.3. The predicted octanol–water partition coefficient (Wildman–Crippen LogP) is 6.65. The van der Waals surface area contributed by atoms with Gasteiger partial charge in [-0.05, 0) is 24.3 Å². The van der Waals surface area contributed by atoms with Crippen molar-refractivity contribution < 1.29 is 4.42 Å². The highest BCUT2D eigenvalue weighted by molar-refractivity contribution is 7.71. The number of benzene rings is 2. The monoisotopic (exact) mass is 332 g/mol. The molecule has 0 fully saturated rings. The Hall–Kier alpha value is -1.61. The summed E-state index contributed by atoms with van der Waals surface area (Å²) in [5.74, 6) is 1.25. The van der Waals surface area contributed by atoms with Crippen molar-refractivity contribution in [3.63, 3.8) is 0 Å². The summed E-state index contributed by atoms with van der Waals surface area (Å²) in [4.78, 5) is 0. The SMILES string of the molecule is S=c1cc(-c2ccccc2)oc(-c2ccc(Cl)cc2)c1Cl. The Bertz CT molecular complexity index is 824. The van der Waals surface area contributed by atoms with E-state index in [0.717, 1.165) is 11.1 Å². The van der Waals surface area contributed by atoms with E-state index in [1.165, 1.54) is 0 Å². The lowest BCUT2D eigenvalue weighted by Crippen LogP contribution is -1.84. The molecule has 0 saturated carbocycles. The summed E-state index contributed by atoms with van der Waals surface area (Å²) in [5, 5.41) is 1.10. The Labute approximate surface area is 137 Å². The van der Waals surface area contributed by atoms with Gasteiger partial charge in [-0.3, -0.25) is 0 Å². The molecule has 0 atom stereocenters. The van der Waals surface area contributed by atoms with Crippen molar-refractivity contribution >= 4 is 35.4 Å². The van der Waals surface area contributed by atoms with Gasteiger partial charge >= 0.3 is 0 Å². The molecule has 0 amide bonds. The summed E-state index contributed by atoms with van der Waals surface area (Å²) in [6.07, 6.45) is 0. The molecule has 3 aromatic rings. The van der Waals surface area contributed by atoms with Crippen molar-refractivity contribution in [1.29, 1.82) is 0 Å². The van der Waals surface area contributed by atoms with Crippen LogP contribution in [0.5, 0.6) is 0 Å². The summed E-state index contributed by atoms with van der Waals surface area (Å²) in [7, 11) is 0. The highest BCUT2D eigenvalue weighted by atomic mass is 35.5. The van der Waals surface area contributed by atoms with Gasteiger partial charge in [-0.2, -0.15) is 0 Å². The van der Waals surface area contributed by atoms with Crippen LogP contribution in [0.4, 0.5) is 0 Å². The van der Waals surface area contributed by atoms with Crippen LogP contribution in [0.15, 0.2) is 65.1 Å². The molecule has 0 aliphatic rings. The Morgan fingerprint density at radius 2 is 1.48 bits per heavy atom. The van der Waals surface area contributed by atoms with E-state index in [1.54, 1.807) is 18.2 Å². The minimum absolute atomic E-state index is 0.437. The molecule has 0 radical (unpaired) electrons. The molecule has 21 heavy (non-hydrogen) atoms. The van der Waals surface area contributed by atoms with E-state index in [1.807, 2.05) is 42.5 Å². The molecule has 2 aromatic carbocycles. The first-order valence-corrected chi connectivity index (χ1v) is 7.46. The second-order valence-corrected chi connectivity index (χ2v) is 5.75. The normalized spacial score (nSPS) is 10.6. The van der Waals surface area contributed by atoms with Crippen LogP contribution in [0.25, 0.3) is 22.6 Å². The van der Waals surface area contributed by atoms with Crippen molar-refractivity contribution in [3.8, 4) is 22.6 Å². The van der Waals surface area contributed by atoms with Gasteiger partial charge in [0.25, 0.3) is 0 Å². The maximum atomic E-state index is 6.30. The third-order valence-corrected chi connectivity index (χ3v) is 4.12. The second kappa shape index (κ2) is 6.02. The van der Waals surface area contributed by atoms with Gasteiger partial charge in [0.1, 0.15) is 10.8 Å². The molecule has 1 heterocycles. The van der Waals surface area contributed by atoms with Crippen LogP contribution in [0.2, 0.25) is 10.0 Å². The lowest BCUT2D eigenvalue weighted by Gasteiger charge is -2.08. The number of rotatable bonds is 2. The Morgan fingerprint density at radius 1 is 0.810 bits per heavy atom. The van der Waals surface area contributed by atoms with Gasteiger partial charge in [-0.1, -0.05) is 65.8 Å². The Morgan fingerprint density at radius 3 is 2.14 bits per heavy atom. The van der Waals surface area contributed by atoms with Gasteiger partial charge in [-0.25, -0.2) is 0 Å². The molecule has 1 nitrogen and oxygen atoms in total. The van der Waals surface area contributed by atoms with E-state index >= 15 is 0 Å². The van der Waals surface area contributed by atoms with E-state index in [0.29, 0.717) is 26.1 Å². The smallest absolute Gasteiger partial charge is 0.154 e. The first-order valence-electron chi connectivity index (χ1n) is 6.30. The molecule has 0 aliphatic carbocycles. The lowest BCUT2D eigenvalue weighted by atomic mass is 10.1. The molecule has 0 spiro atoms. The van der Waals surface area contributed by atoms with Crippen molar-refractivity contribution in [3.05, 3.63) is 75.2 Å². The summed E-state index contributed by atoms with van der Waals surface area (Å²) in [6, 6.07) is 18.9. The molecule has 0 bridgehead atoms. The van der Waals surface area contributed by atoms with Crippen LogP contribution >= 0.6 is 35.4 Å². The summed E-state index contributed by atoms with van der Waals surface area (Å²) in [5.41, 5.74) is 1.80. The van der Waals surface area contributed by atoms with E-state index < -0.39 is 0 Å². The zero-order valence-corrected chi connectivity index (χ0v) is 13.2. The third-order valence-electron chi connectivity index (χ3n) is 3.05. The second-order valence-electron chi connectivity index (χ2n) is 4.49. The van der Waals surface area contributed by atoms with E-state index in [9.17, 15) is 0 Å². The van der Waals surface area contributed by atoms with Crippen molar-refractivity contribution in [1.82, 2.24) is 0 Å². The van der Waals surface area contributed by atoms with Crippen LogP contribution in [-0.4, -0.2) is 0 Å². The first-order chi connectivity index (χ1) is 10.1. The maximum Gasteiger partial charge on any atom is 0.154 e. The largest absolute Gasteiger partial charge is 0.454 e. The van der Waals surface area contributed by atoms with Crippen LogP contribution in [0.1, 0.15) is 0 Å². The molecule has 4 heteroatoms. The fraction of sp³-hybridized carbons (Fsp3) is 0. The standard InChI is InChI=1S/C17H10Cl2OS/c18-13-8-6-12(7-9-13)17-16(19)15(21)10-14(20-17)11-4-2-1-3-5-11/h1-10H. The summed E-state index contributed by atoms with van der Waals surface area (Å²) < 4.78 is 6.52. The van der Waals surface area contributed by atoms with Crippen molar-refractivity contribution in [2.45, 2.75) is 0 Å². The number of hydrogen-bond acceptors (Lipinski definition) is 2. The topological polar surface area (TPSA) is 13.1 Å². The van der Waals surface area contributed by atoms with Gasteiger partial charge in [0.15, 0.2) is 5.76 Å². The minimum Gasteiger partial charge on any atom is -0.454 e. The van der Waals surface area contributed by atoms with E-state index in [2.05, 4.69) is 0 Å². The minimum atomic E-state index is 0.437. The van der Waals surface area contributed by atoms with Gasteiger partial charge in [0.05, 0.1) is 4.51 Å². The highest BCUT2D eigenvalue weighted by Crippen LogP contribution is 2.34. The quantitative estimate of drug-likeness (QED) is 0.487.